The Kier molecular flexibility index (Phi) is 5.15. The molecule has 3 heterocycles. The second-order valence-corrected chi connectivity index (χ2v) is 5.85. The lowest BCUT2D eigenvalue weighted by atomic mass is 10.1. The monoisotopic (exact) mass is 313 g/mol. The molecule has 0 bridgehead atoms. The van der Waals surface area contributed by atoms with Crippen LogP contribution < -0.4 is 15.4 Å². The molecule has 23 heavy (non-hydrogen) atoms. The zero-order chi connectivity index (χ0) is 16.1. The highest BCUT2D eigenvalue weighted by atomic mass is 16.5. The van der Waals surface area contributed by atoms with Crippen LogP contribution in [0.15, 0.2) is 30.9 Å². The molecule has 1 saturated heterocycles. The highest BCUT2D eigenvalue weighted by molar-refractivity contribution is 5.30. The Hall–Kier alpha value is -2.05. The summed E-state index contributed by atoms with van der Waals surface area (Å²) in [5.74, 6) is 0.858. The van der Waals surface area contributed by atoms with Crippen LogP contribution in [-0.4, -0.2) is 34.1 Å². The second-order valence-electron chi connectivity index (χ2n) is 5.85. The lowest BCUT2D eigenvalue weighted by Crippen LogP contribution is -2.23. The summed E-state index contributed by atoms with van der Waals surface area (Å²) >= 11 is 0. The fraction of sp³-hybridized carbons (Fsp3) is 0.471. The Labute approximate surface area is 136 Å². The summed E-state index contributed by atoms with van der Waals surface area (Å²) in [6.45, 7) is 6.70. The van der Waals surface area contributed by atoms with Gasteiger partial charge in [0.25, 0.3) is 0 Å². The van der Waals surface area contributed by atoms with Gasteiger partial charge in [0.2, 0.25) is 0 Å². The third-order valence-corrected chi connectivity index (χ3v) is 4.11. The van der Waals surface area contributed by atoms with Gasteiger partial charge in [-0.25, -0.2) is 0 Å². The molecule has 2 aromatic rings. The smallest absolute Gasteiger partial charge is 0.142 e. The number of hydrogen-bond donors (Lipinski definition) is 2. The van der Waals surface area contributed by atoms with Crippen molar-refractivity contribution in [2.75, 3.05) is 13.1 Å². The van der Waals surface area contributed by atoms with E-state index in [1.54, 1.807) is 24.8 Å². The van der Waals surface area contributed by atoms with Crippen molar-refractivity contribution < 1.29 is 4.74 Å². The molecule has 1 fully saturated rings. The minimum Gasteiger partial charge on any atom is -0.487 e. The minimum atomic E-state index is 0.123. The zero-order valence-electron chi connectivity index (χ0n) is 13.6. The van der Waals surface area contributed by atoms with Crippen molar-refractivity contribution in [3.8, 4) is 5.75 Å². The number of ether oxygens (including phenoxy) is 1. The molecule has 2 aromatic heterocycles. The average molecular weight is 313 g/mol. The summed E-state index contributed by atoms with van der Waals surface area (Å²) in [4.78, 5) is 12.9. The SMILES string of the molecule is Cc1nccnc1C(C)NCc1ccncc1O[C@H]1CCNC1. The topological polar surface area (TPSA) is 72.0 Å². The largest absolute Gasteiger partial charge is 0.487 e. The summed E-state index contributed by atoms with van der Waals surface area (Å²) in [6.07, 6.45) is 8.32. The van der Waals surface area contributed by atoms with E-state index < -0.39 is 0 Å². The molecule has 2 N–H and O–H groups in total. The maximum absolute atomic E-state index is 6.08. The molecular weight excluding hydrogens is 290 g/mol. The highest BCUT2D eigenvalue weighted by Gasteiger charge is 2.18. The quantitative estimate of drug-likeness (QED) is 0.847. The van der Waals surface area contributed by atoms with E-state index in [1.807, 2.05) is 13.0 Å². The van der Waals surface area contributed by atoms with E-state index >= 15 is 0 Å². The van der Waals surface area contributed by atoms with E-state index in [9.17, 15) is 0 Å². The molecule has 2 atom stereocenters. The zero-order valence-corrected chi connectivity index (χ0v) is 13.6. The van der Waals surface area contributed by atoms with E-state index in [4.69, 9.17) is 4.74 Å². The average Bonchev–Trinajstić information content (AvgIpc) is 3.07. The fourth-order valence-corrected chi connectivity index (χ4v) is 2.77. The maximum Gasteiger partial charge on any atom is 0.142 e. The van der Waals surface area contributed by atoms with E-state index in [1.165, 1.54) is 0 Å². The summed E-state index contributed by atoms with van der Waals surface area (Å²) in [5.41, 5.74) is 3.04. The van der Waals surface area contributed by atoms with Gasteiger partial charge in [-0.15, -0.1) is 0 Å². The van der Waals surface area contributed by atoms with Crippen LogP contribution in [0.3, 0.4) is 0 Å². The van der Waals surface area contributed by atoms with Crippen molar-refractivity contribution in [3.05, 3.63) is 47.8 Å². The van der Waals surface area contributed by atoms with Crippen LogP contribution in [0.4, 0.5) is 0 Å². The Bertz CT molecular complexity index is 642. The number of nitrogens with one attached hydrogen (secondary N) is 2. The van der Waals surface area contributed by atoms with E-state index in [2.05, 4.69) is 32.5 Å². The van der Waals surface area contributed by atoms with Gasteiger partial charge in [0, 0.05) is 43.3 Å². The molecule has 1 aliphatic rings. The van der Waals surface area contributed by atoms with Gasteiger partial charge in [-0.05, 0) is 32.9 Å². The number of rotatable bonds is 6. The minimum absolute atomic E-state index is 0.123. The molecule has 3 rings (SSSR count). The molecule has 0 radical (unpaired) electrons. The number of aromatic nitrogens is 3. The van der Waals surface area contributed by atoms with Crippen LogP contribution in [0.1, 0.15) is 36.3 Å². The molecule has 0 aromatic carbocycles. The van der Waals surface area contributed by atoms with Crippen LogP contribution >= 0.6 is 0 Å². The molecule has 6 heteroatoms. The number of nitrogens with zero attached hydrogens (tertiary/aromatic N) is 3. The van der Waals surface area contributed by atoms with Crippen molar-refractivity contribution in [2.24, 2.45) is 0 Å². The molecule has 6 nitrogen and oxygen atoms in total. The predicted molar refractivity (Wildman–Crippen MR) is 88.2 cm³/mol. The first-order valence-electron chi connectivity index (χ1n) is 8.05. The van der Waals surface area contributed by atoms with Gasteiger partial charge in [0.05, 0.1) is 17.6 Å². The van der Waals surface area contributed by atoms with Gasteiger partial charge in [0.1, 0.15) is 11.9 Å². The van der Waals surface area contributed by atoms with Gasteiger partial charge in [-0.1, -0.05) is 0 Å². The molecule has 0 aliphatic carbocycles. The van der Waals surface area contributed by atoms with Crippen molar-refractivity contribution in [3.63, 3.8) is 0 Å². The molecule has 0 amide bonds. The van der Waals surface area contributed by atoms with Gasteiger partial charge in [-0.3, -0.25) is 15.0 Å². The van der Waals surface area contributed by atoms with Crippen LogP contribution in [0.2, 0.25) is 0 Å². The van der Waals surface area contributed by atoms with Crippen LogP contribution in [0, 0.1) is 6.92 Å². The molecule has 122 valence electrons. The van der Waals surface area contributed by atoms with Crippen molar-refractivity contribution in [1.29, 1.82) is 0 Å². The first-order valence-corrected chi connectivity index (χ1v) is 8.05. The summed E-state index contributed by atoms with van der Waals surface area (Å²) in [7, 11) is 0. The first-order chi connectivity index (χ1) is 11.2. The summed E-state index contributed by atoms with van der Waals surface area (Å²) in [5, 5.41) is 6.81. The van der Waals surface area contributed by atoms with Crippen molar-refractivity contribution >= 4 is 0 Å². The van der Waals surface area contributed by atoms with Crippen LogP contribution in [0.25, 0.3) is 0 Å². The number of pyridine rings is 1. The first kappa shape index (κ1) is 15.8. The Morgan fingerprint density at radius 2 is 2.22 bits per heavy atom. The molecule has 0 spiro atoms. The van der Waals surface area contributed by atoms with Gasteiger partial charge in [-0.2, -0.15) is 0 Å². The summed E-state index contributed by atoms with van der Waals surface area (Å²) in [6, 6.07) is 2.12. The Balaban J connectivity index is 1.64. The third kappa shape index (κ3) is 4.03. The summed E-state index contributed by atoms with van der Waals surface area (Å²) < 4.78 is 6.08. The maximum atomic E-state index is 6.08. The molecule has 1 unspecified atom stereocenters. The highest BCUT2D eigenvalue weighted by Crippen LogP contribution is 2.21. The van der Waals surface area contributed by atoms with Crippen LogP contribution in [0.5, 0.6) is 5.75 Å². The van der Waals surface area contributed by atoms with Crippen molar-refractivity contribution in [2.45, 2.75) is 39.0 Å². The fourth-order valence-electron chi connectivity index (χ4n) is 2.77. The van der Waals surface area contributed by atoms with E-state index in [0.717, 1.165) is 42.2 Å². The molecule has 0 saturated carbocycles. The van der Waals surface area contributed by atoms with Gasteiger partial charge >= 0.3 is 0 Å². The van der Waals surface area contributed by atoms with E-state index in [0.29, 0.717) is 6.54 Å². The lowest BCUT2D eigenvalue weighted by Gasteiger charge is -2.18. The molecule has 1 aliphatic heterocycles. The Morgan fingerprint density at radius 3 is 3.00 bits per heavy atom. The third-order valence-electron chi connectivity index (χ3n) is 4.11. The lowest BCUT2D eigenvalue weighted by molar-refractivity contribution is 0.219. The van der Waals surface area contributed by atoms with Crippen LogP contribution in [-0.2, 0) is 6.54 Å². The standard InChI is InChI=1S/C17H23N5O/c1-12-17(21-8-7-20-12)13(2)22-9-14-3-5-19-11-16(14)23-15-4-6-18-10-15/h3,5,7-8,11,13,15,18,22H,4,6,9-10H2,1-2H3/t13?,15-/m0/s1. The number of aryl methyl sites for hydroxylation is 1. The Morgan fingerprint density at radius 1 is 1.35 bits per heavy atom. The molecular formula is C17H23N5O. The van der Waals surface area contributed by atoms with Gasteiger partial charge < -0.3 is 15.4 Å². The van der Waals surface area contributed by atoms with E-state index in [-0.39, 0.29) is 12.1 Å². The number of hydrogen-bond acceptors (Lipinski definition) is 6. The predicted octanol–water partition coefficient (Wildman–Crippen LogP) is 1.77. The van der Waals surface area contributed by atoms with Crippen molar-refractivity contribution in [1.82, 2.24) is 25.6 Å². The normalized spacial score (nSPS) is 18.8. The second kappa shape index (κ2) is 7.48. The van der Waals surface area contributed by atoms with Gasteiger partial charge in [0.15, 0.2) is 0 Å².